The molecule has 2 aromatic rings. The highest BCUT2D eigenvalue weighted by molar-refractivity contribution is 7.99. The first-order valence-electron chi connectivity index (χ1n) is 5.74. The maximum Gasteiger partial charge on any atom is 0.172 e. The number of aliphatic hydroxyl groups is 1. The minimum absolute atomic E-state index is 0.0520. The molecule has 0 saturated carbocycles. The second-order valence-corrected chi connectivity index (χ2v) is 5.19. The van der Waals surface area contributed by atoms with Gasteiger partial charge in [-0.1, -0.05) is 11.8 Å². The number of aliphatic hydroxyl groups excluding tert-OH is 1. The Morgan fingerprint density at radius 1 is 1.47 bits per heavy atom. The molecule has 0 atom stereocenters. The van der Waals surface area contributed by atoms with Crippen LogP contribution in [0.2, 0.25) is 0 Å². The van der Waals surface area contributed by atoms with Crippen LogP contribution in [0.25, 0.3) is 0 Å². The third kappa shape index (κ3) is 2.62. The van der Waals surface area contributed by atoms with E-state index in [2.05, 4.69) is 16.0 Å². The number of pyridine rings is 1. The van der Waals surface area contributed by atoms with Crippen molar-refractivity contribution in [3.63, 3.8) is 0 Å². The van der Waals surface area contributed by atoms with E-state index in [-0.39, 0.29) is 6.61 Å². The van der Waals surface area contributed by atoms with Crippen molar-refractivity contribution in [1.29, 1.82) is 5.26 Å². The molecular formula is C13H14N4OS. The van der Waals surface area contributed by atoms with Gasteiger partial charge in [-0.05, 0) is 19.9 Å². The summed E-state index contributed by atoms with van der Waals surface area (Å²) in [6.45, 7) is 3.67. The third-order valence-electron chi connectivity index (χ3n) is 2.81. The molecule has 19 heavy (non-hydrogen) atoms. The molecule has 2 rings (SSSR count). The van der Waals surface area contributed by atoms with Crippen LogP contribution in [0, 0.1) is 25.2 Å². The highest BCUT2D eigenvalue weighted by Gasteiger charge is 2.13. The average Bonchev–Trinajstić information content (AvgIpc) is 2.70. The van der Waals surface area contributed by atoms with Crippen molar-refractivity contribution in [2.45, 2.75) is 30.5 Å². The molecule has 2 heterocycles. The van der Waals surface area contributed by atoms with Gasteiger partial charge in [-0.2, -0.15) is 5.26 Å². The monoisotopic (exact) mass is 274 g/mol. The molecule has 5 nitrogen and oxygen atoms in total. The fourth-order valence-corrected chi connectivity index (χ4v) is 2.86. The molecular weight excluding hydrogens is 260 g/mol. The number of rotatable bonds is 3. The van der Waals surface area contributed by atoms with Crippen LogP contribution in [0.3, 0.4) is 0 Å². The Balaban J connectivity index is 2.43. The van der Waals surface area contributed by atoms with Crippen molar-refractivity contribution in [3.05, 3.63) is 34.9 Å². The number of hydrogen-bond acceptors (Lipinski definition) is 5. The summed E-state index contributed by atoms with van der Waals surface area (Å²) in [5.74, 6) is 0. The van der Waals surface area contributed by atoms with Gasteiger partial charge in [0.1, 0.15) is 6.07 Å². The molecule has 0 aliphatic rings. The van der Waals surface area contributed by atoms with E-state index in [1.807, 2.05) is 31.5 Å². The number of hydrogen-bond donors (Lipinski definition) is 1. The molecule has 0 saturated heterocycles. The van der Waals surface area contributed by atoms with E-state index in [9.17, 15) is 5.26 Å². The van der Waals surface area contributed by atoms with Gasteiger partial charge >= 0.3 is 0 Å². The van der Waals surface area contributed by atoms with Crippen LogP contribution in [0.15, 0.2) is 22.3 Å². The van der Waals surface area contributed by atoms with Crippen molar-refractivity contribution in [3.8, 4) is 6.07 Å². The zero-order valence-electron chi connectivity index (χ0n) is 11.0. The summed E-state index contributed by atoms with van der Waals surface area (Å²) in [6.07, 6.45) is 1.63. The van der Waals surface area contributed by atoms with Gasteiger partial charge in [-0.25, -0.2) is 4.98 Å². The van der Waals surface area contributed by atoms with Gasteiger partial charge in [0.2, 0.25) is 0 Å². The summed E-state index contributed by atoms with van der Waals surface area (Å²) in [7, 11) is 1.84. The topological polar surface area (TPSA) is 74.7 Å². The normalized spacial score (nSPS) is 10.5. The lowest BCUT2D eigenvalue weighted by Crippen LogP contribution is -1.99. The molecule has 0 radical (unpaired) electrons. The van der Waals surface area contributed by atoms with Crippen LogP contribution in [0.5, 0.6) is 0 Å². The minimum Gasteiger partial charge on any atom is -0.390 e. The average molecular weight is 274 g/mol. The van der Waals surface area contributed by atoms with Crippen LogP contribution in [0.1, 0.15) is 22.6 Å². The van der Waals surface area contributed by atoms with E-state index < -0.39 is 0 Å². The number of nitrogens with zero attached hydrogens (tertiary/aromatic N) is 4. The first-order chi connectivity index (χ1) is 9.06. The minimum atomic E-state index is -0.0520. The molecule has 98 valence electrons. The third-order valence-corrected chi connectivity index (χ3v) is 3.91. The van der Waals surface area contributed by atoms with Crippen molar-refractivity contribution in [2.75, 3.05) is 0 Å². The Morgan fingerprint density at radius 2 is 2.21 bits per heavy atom. The lowest BCUT2D eigenvalue weighted by Gasteiger charge is -2.08. The van der Waals surface area contributed by atoms with Crippen molar-refractivity contribution in [1.82, 2.24) is 14.5 Å². The predicted octanol–water partition coefficient (Wildman–Crippen LogP) is 1.95. The largest absolute Gasteiger partial charge is 0.390 e. The van der Waals surface area contributed by atoms with E-state index in [0.717, 1.165) is 27.1 Å². The molecule has 0 aliphatic heterocycles. The predicted molar refractivity (Wildman–Crippen MR) is 71.7 cm³/mol. The van der Waals surface area contributed by atoms with Gasteiger partial charge in [0.25, 0.3) is 0 Å². The molecule has 2 aromatic heterocycles. The van der Waals surface area contributed by atoms with Gasteiger partial charge in [0.15, 0.2) is 5.16 Å². The standard InChI is InChI=1S/C13H14N4OS/c1-8-4-12(11(5-14)9(2)16-8)19-13-15-6-10(7-18)17(13)3/h4,6,18H,7H2,1-3H3. The first-order valence-corrected chi connectivity index (χ1v) is 6.56. The van der Waals surface area contributed by atoms with Gasteiger partial charge in [0, 0.05) is 17.6 Å². The summed E-state index contributed by atoms with van der Waals surface area (Å²) < 4.78 is 1.82. The lowest BCUT2D eigenvalue weighted by molar-refractivity contribution is 0.271. The van der Waals surface area contributed by atoms with Crippen molar-refractivity contribution < 1.29 is 5.11 Å². The SMILES string of the molecule is Cc1cc(Sc2ncc(CO)n2C)c(C#N)c(C)n1. The van der Waals surface area contributed by atoms with Crippen molar-refractivity contribution >= 4 is 11.8 Å². The van der Waals surface area contributed by atoms with Gasteiger partial charge in [-0.3, -0.25) is 4.98 Å². The Hall–Kier alpha value is -1.84. The summed E-state index contributed by atoms with van der Waals surface area (Å²) in [6, 6.07) is 4.06. The Labute approximate surface area is 115 Å². The summed E-state index contributed by atoms with van der Waals surface area (Å²) in [5.41, 5.74) is 2.91. The van der Waals surface area contributed by atoms with Crippen LogP contribution in [-0.4, -0.2) is 19.6 Å². The second-order valence-electron chi connectivity index (χ2n) is 4.19. The summed E-state index contributed by atoms with van der Waals surface area (Å²) in [4.78, 5) is 9.38. The molecule has 0 bridgehead atoms. The van der Waals surface area contributed by atoms with Gasteiger partial charge < -0.3 is 9.67 Å². The molecule has 0 aliphatic carbocycles. The second kappa shape index (κ2) is 5.43. The Bertz CT molecular complexity index is 657. The molecule has 0 unspecified atom stereocenters. The van der Waals surface area contributed by atoms with Gasteiger partial charge in [-0.15, -0.1) is 0 Å². The number of aromatic nitrogens is 3. The van der Waals surface area contributed by atoms with Crippen molar-refractivity contribution in [2.24, 2.45) is 7.05 Å². The molecule has 1 N–H and O–H groups in total. The lowest BCUT2D eigenvalue weighted by atomic mass is 10.2. The Morgan fingerprint density at radius 3 is 2.79 bits per heavy atom. The number of imidazole rings is 1. The van der Waals surface area contributed by atoms with Crippen LogP contribution in [0.4, 0.5) is 0 Å². The van der Waals surface area contributed by atoms with E-state index >= 15 is 0 Å². The van der Waals surface area contributed by atoms with E-state index in [4.69, 9.17) is 5.11 Å². The number of nitriles is 1. The fourth-order valence-electron chi connectivity index (χ4n) is 1.78. The van der Waals surface area contributed by atoms with Crippen LogP contribution < -0.4 is 0 Å². The molecule has 0 fully saturated rings. The Kier molecular flexibility index (Phi) is 3.88. The highest BCUT2D eigenvalue weighted by Crippen LogP contribution is 2.31. The first kappa shape index (κ1) is 13.6. The summed E-state index contributed by atoms with van der Waals surface area (Å²) in [5, 5.41) is 19.1. The zero-order valence-corrected chi connectivity index (χ0v) is 11.8. The van der Waals surface area contributed by atoms with Crippen LogP contribution in [-0.2, 0) is 13.7 Å². The fraction of sp³-hybridized carbons (Fsp3) is 0.308. The highest BCUT2D eigenvalue weighted by atomic mass is 32.2. The van der Waals surface area contributed by atoms with E-state index in [1.165, 1.54) is 11.8 Å². The molecule has 0 aromatic carbocycles. The zero-order chi connectivity index (χ0) is 14.0. The molecule has 6 heteroatoms. The molecule has 0 spiro atoms. The van der Waals surface area contributed by atoms with E-state index in [1.54, 1.807) is 6.20 Å². The van der Waals surface area contributed by atoms with E-state index in [0.29, 0.717) is 5.56 Å². The summed E-state index contributed by atoms with van der Waals surface area (Å²) >= 11 is 1.41. The molecule has 0 amide bonds. The van der Waals surface area contributed by atoms with Gasteiger partial charge in [0.05, 0.1) is 29.8 Å². The smallest absolute Gasteiger partial charge is 0.172 e. The maximum atomic E-state index is 9.22. The van der Waals surface area contributed by atoms with Crippen LogP contribution >= 0.6 is 11.8 Å². The maximum absolute atomic E-state index is 9.22. The number of aryl methyl sites for hydroxylation is 2. The quantitative estimate of drug-likeness (QED) is 0.926.